The van der Waals surface area contributed by atoms with E-state index in [1.54, 1.807) is 0 Å². The fourth-order valence-electron chi connectivity index (χ4n) is 2.43. The summed E-state index contributed by atoms with van der Waals surface area (Å²) >= 11 is 0. The Bertz CT molecular complexity index is 170. The molecule has 14 heavy (non-hydrogen) atoms. The Balaban J connectivity index is 1.77. The first-order chi connectivity index (χ1) is 6.77. The fraction of sp³-hybridized carbons (Fsp3) is 1.00. The normalized spacial score (nSPS) is 31.5. The molecule has 2 aliphatic heterocycles. The Morgan fingerprint density at radius 2 is 1.86 bits per heavy atom. The topological polar surface area (TPSA) is 15.7 Å². The highest BCUT2D eigenvalue weighted by Crippen LogP contribution is 2.15. The lowest BCUT2D eigenvalue weighted by atomic mass is 10.1. The van der Waals surface area contributed by atoms with Gasteiger partial charge in [0.2, 0.25) is 0 Å². The van der Waals surface area contributed by atoms with Crippen molar-refractivity contribution in [3.8, 4) is 0 Å². The number of piperazine rings is 1. The van der Waals surface area contributed by atoms with E-state index in [1.807, 2.05) is 0 Å². The standard InChI is InChI=1S/C11H22N2O/c1-10(2)12-4-6-13(7-5-12)11-3-8-14-9-11/h10-11H,3-9H2,1-2H3. The average Bonchev–Trinajstić information content (AvgIpc) is 2.71. The van der Waals surface area contributed by atoms with Crippen LogP contribution in [0.15, 0.2) is 0 Å². The predicted octanol–water partition coefficient (Wildman–Crippen LogP) is 0.801. The molecule has 0 N–H and O–H groups in total. The number of hydrogen-bond donors (Lipinski definition) is 0. The molecule has 2 saturated heterocycles. The number of nitrogens with zero attached hydrogens (tertiary/aromatic N) is 2. The van der Waals surface area contributed by atoms with E-state index in [2.05, 4.69) is 23.6 Å². The molecule has 0 aromatic carbocycles. The second-order valence-electron chi connectivity index (χ2n) is 4.68. The van der Waals surface area contributed by atoms with Gasteiger partial charge in [0.05, 0.1) is 6.61 Å². The minimum Gasteiger partial charge on any atom is -0.380 e. The van der Waals surface area contributed by atoms with E-state index in [1.165, 1.54) is 32.6 Å². The van der Waals surface area contributed by atoms with Crippen molar-refractivity contribution in [3.63, 3.8) is 0 Å². The summed E-state index contributed by atoms with van der Waals surface area (Å²) in [5, 5.41) is 0. The summed E-state index contributed by atoms with van der Waals surface area (Å²) in [5.41, 5.74) is 0. The maximum absolute atomic E-state index is 5.43. The van der Waals surface area contributed by atoms with Crippen molar-refractivity contribution in [1.82, 2.24) is 9.80 Å². The van der Waals surface area contributed by atoms with Crippen LogP contribution in [0.3, 0.4) is 0 Å². The molecule has 2 aliphatic rings. The molecule has 0 aliphatic carbocycles. The zero-order valence-electron chi connectivity index (χ0n) is 9.41. The summed E-state index contributed by atoms with van der Waals surface area (Å²) in [4.78, 5) is 5.16. The van der Waals surface area contributed by atoms with E-state index < -0.39 is 0 Å². The molecule has 82 valence electrons. The van der Waals surface area contributed by atoms with E-state index in [9.17, 15) is 0 Å². The third kappa shape index (κ3) is 2.27. The summed E-state index contributed by atoms with van der Waals surface area (Å²) in [6.07, 6.45) is 1.24. The molecule has 2 rings (SSSR count). The largest absolute Gasteiger partial charge is 0.380 e. The molecule has 0 saturated carbocycles. The van der Waals surface area contributed by atoms with Gasteiger partial charge >= 0.3 is 0 Å². The van der Waals surface area contributed by atoms with Gasteiger partial charge < -0.3 is 4.74 Å². The first-order valence-electron chi connectivity index (χ1n) is 5.83. The molecular formula is C11H22N2O. The summed E-state index contributed by atoms with van der Waals surface area (Å²) in [5.74, 6) is 0. The third-order valence-electron chi connectivity index (χ3n) is 3.50. The van der Waals surface area contributed by atoms with Crippen LogP contribution >= 0.6 is 0 Å². The highest BCUT2D eigenvalue weighted by atomic mass is 16.5. The number of hydrogen-bond acceptors (Lipinski definition) is 3. The van der Waals surface area contributed by atoms with E-state index in [0.717, 1.165) is 13.2 Å². The molecule has 3 nitrogen and oxygen atoms in total. The maximum Gasteiger partial charge on any atom is 0.0622 e. The van der Waals surface area contributed by atoms with Gasteiger partial charge in [-0.2, -0.15) is 0 Å². The van der Waals surface area contributed by atoms with E-state index in [-0.39, 0.29) is 0 Å². The van der Waals surface area contributed by atoms with Crippen LogP contribution in [0.1, 0.15) is 20.3 Å². The Morgan fingerprint density at radius 1 is 1.14 bits per heavy atom. The highest BCUT2D eigenvalue weighted by molar-refractivity contribution is 4.81. The van der Waals surface area contributed by atoms with Gasteiger partial charge in [-0.05, 0) is 20.3 Å². The van der Waals surface area contributed by atoms with Gasteiger partial charge in [0, 0.05) is 44.9 Å². The molecule has 0 aromatic heterocycles. The Hall–Kier alpha value is -0.120. The number of ether oxygens (including phenoxy) is 1. The van der Waals surface area contributed by atoms with Gasteiger partial charge in [-0.15, -0.1) is 0 Å². The molecule has 0 aromatic rings. The first-order valence-corrected chi connectivity index (χ1v) is 5.83. The monoisotopic (exact) mass is 198 g/mol. The van der Waals surface area contributed by atoms with Crippen LogP contribution in [0.4, 0.5) is 0 Å². The zero-order valence-corrected chi connectivity index (χ0v) is 9.41. The SMILES string of the molecule is CC(C)N1CCN(C2CCOC2)CC1. The fourth-order valence-corrected chi connectivity index (χ4v) is 2.43. The maximum atomic E-state index is 5.43. The van der Waals surface area contributed by atoms with E-state index in [4.69, 9.17) is 4.74 Å². The molecule has 0 amide bonds. The van der Waals surface area contributed by atoms with Crippen molar-refractivity contribution in [1.29, 1.82) is 0 Å². The van der Waals surface area contributed by atoms with Gasteiger partial charge in [0.25, 0.3) is 0 Å². The molecule has 0 bridgehead atoms. The summed E-state index contributed by atoms with van der Waals surface area (Å²) < 4.78 is 5.43. The van der Waals surface area contributed by atoms with Crippen LogP contribution in [0, 0.1) is 0 Å². The van der Waals surface area contributed by atoms with E-state index >= 15 is 0 Å². The van der Waals surface area contributed by atoms with Gasteiger partial charge in [-0.1, -0.05) is 0 Å². The van der Waals surface area contributed by atoms with Crippen LogP contribution in [0.25, 0.3) is 0 Å². The second kappa shape index (κ2) is 4.60. The minimum absolute atomic E-state index is 0.706. The lowest BCUT2D eigenvalue weighted by Gasteiger charge is -2.39. The average molecular weight is 198 g/mol. The van der Waals surface area contributed by atoms with Crippen LogP contribution in [0.5, 0.6) is 0 Å². The third-order valence-corrected chi connectivity index (χ3v) is 3.50. The molecular weight excluding hydrogens is 176 g/mol. The predicted molar refractivity (Wildman–Crippen MR) is 57.5 cm³/mol. The zero-order chi connectivity index (χ0) is 9.97. The van der Waals surface area contributed by atoms with Crippen molar-refractivity contribution in [3.05, 3.63) is 0 Å². The minimum atomic E-state index is 0.706. The van der Waals surface area contributed by atoms with E-state index in [0.29, 0.717) is 12.1 Å². The van der Waals surface area contributed by atoms with Gasteiger partial charge in [0.1, 0.15) is 0 Å². The summed E-state index contributed by atoms with van der Waals surface area (Å²) in [7, 11) is 0. The van der Waals surface area contributed by atoms with Crippen LogP contribution in [-0.2, 0) is 4.74 Å². The number of rotatable bonds is 2. The van der Waals surface area contributed by atoms with Gasteiger partial charge in [-0.3, -0.25) is 9.80 Å². The van der Waals surface area contributed by atoms with Crippen molar-refractivity contribution in [2.24, 2.45) is 0 Å². The molecule has 0 spiro atoms. The quantitative estimate of drug-likeness (QED) is 0.653. The molecule has 3 heteroatoms. The lowest BCUT2D eigenvalue weighted by molar-refractivity contribution is 0.0704. The Kier molecular flexibility index (Phi) is 3.42. The van der Waals surface area contributed by atoms with Gasteiger partial charge in [-0.25, -0.2) is 0 Å². The van der Waals surface area contributed by atoms with Crippen LogP contribution < -0.4 is 0 Å². The van der Waals surface area contributed by atoms with Crippen molar-refractivity contribution in [2.45, 2.75) is 32.4 Å². The molecule has 1 atom stereocenters. The first kappa shape index (κ1) is 10.4. The molecule has 0 radical (unpaired) electrons. The lowest BCUT2D eigenvalue weighted by Crippen LogP contribution is -2.52. The molecule has 2 fully saturated rings. The Labute approximate surface area is 87.0 Å². The van der Waals surface area contributed by atoms with Crippen molar-refractivity contribution < 1.29 is 4.74 Å². The Morgan fingerprint density at radius 3 is 2.36 bits per heavy atom. The smallest absolute Gasteiger partial charge is 0.0622 e. The molecule has 2 heterocycles. The van der Waals surface area contributed by atoms with Crippen LogP contribution in [-0.4, -0.2) is 61.3 Å². The van der Waals surface area contributed by atoms with Crippen molar-refractivity contribution in [2.75, 3.05) is 39.4 Å². The molecule has 1 unspecified atom stereocenters. The summed E-state index contributed by atoms with van der Waals surface area (Å²) in [6, 6.07) is 1.42. The summed E-state index contributed by atoms with van der Waals surface area (Å²) in [6.45, 7) is 11.4. The van der Waals surface area contributed by atoms with Crippen molar-refractivity contribution >= 4 is 0 Å². The van der Waals surface area contributed by atoms with Crippen LogP contribution in [0.2, 0.25) is 0 Å². The highest BCUT2D eigenvalue weighted by Gasteiger charge is 2.27. The second-order valence-corrected chi connectivity index (χ2v) is 4.68. The van der Waals surface area contributed by atoms with Gasteiger partial charge in [0.15, 0.2) is 0 Å².